The highest BCUT2D eigenvalue weighted by Gasteiger charge is 2.26. The molecule has 1 aromatic carbocycles. The van der Waals surface area contributed by atoms with Crippen molar-refractivity contribution >= 4 is 10.9 Å². The maximum absolute atomic E-state index is 13.8. The number of rotatable bonds is 2. The predicted octanol–water partition coefficient (Wildman–Crippen LogP) is 4.53. The van der Waals surface area contributed by atoms with Gasteiger partial charge in [0.1, 0.15) is 5.82 Å². The molecule has 25 heavy (non-hydrogen) atoms. The molecule has 6 heteroatoms. The van der Waals surface area contributed by atoms with Gasteiger partial charge in [-0.3, -0.25) is 9.55 Å². The zero-order valence-electron chi connectivity index (χ0n) is 14.1. The molecule has 0 bridgehead atoms. The molecule has 0 saturated heterocycles. The van der Waals surface area contributed by atoms with Crippen LogP contribution < -0.4 is 0 Å². The molecule has 0 aliphatic carbocycles. The summed E-state index contributed by atoms with van der Waals surface area (Å²) in [6, 6.07) is 6.83. The monoisotopic (exact) mass is 345 g/mol. The predicted molar refractivity (Wildman–Crippen MR) is 91.2 cm³/mol. The van der Waals surface area contributed by atoms with Gasteiger partial charge >= 0.3 is 6.55 Å². The smallest absolute Gasteiger partial charge is 0.300 e. The van der Waals surface area contributed by atoms with Crippen molar-refractivity contribution in [3.63, 3.8) is 0 Å². The minimum atomic E-state index is -2.61. The number of fused-ring (bicyclic) bond motifs is 3. The van der Waals surface area contributed by atoms with Crippen molar-refractivity contribution in [2.45, 2.75) is 26.4 Å². The normalized spacial score (nSPS) is 15.1. The third-order valence-corrected chi connectivity index (χ3v) is 4.94. The van der Waals surface area contributed by atoms with Gasteiger partial charge in [-0.2, -0.15) is 8.78 Å². The second-order valence-electron chi connectivity index (χ2n) is 6.58. The van der Waals surface area contributed by atoms with Crippen LogP contribution in [0.2, 0.25) is 0 Å². The molecule has 3 nitrogen and oxygen atoms in total. The molecule has 1 aliphatic rings. The fourth-order valence-electron chi connectivity index (χ4n) is 3.59. The summed E-state index contributed by atoms with van der Waals surface area (Å²) in [7, 11) is 1.93. The van der Waals surface area contributed by atoms with E-state index in [1.807, 2.05) is 24.1 Å². The minimum absolute atomic E-state index is 0.319. The van der Waals surface area contributed by atoms with E-state index in [9.17, 15) is 13.2 Å². The van der Waals surface area contributed by atoms with E-state index in [1.165, 1.54) is 6.07 Å². The first kappa shape index (κ1) is 16.1. The molecule has 1 aliphatic heterocycles. The Kier molecular flexibility index (Phi) is 3.80. The fourth-order valence-corrected chi connectivity index (χ4v) is 3.59. The summed E-state index contributed by atoms with van der Waals surface area (Å²) in [4.78, 5) is 6.07. The Balaban J connectivity index is 1.93. The average molecular weight is 345 g/mol. The van der Waals surface area contributed by atoms with E-state index in [0.717, 1.165) is 28.5 Å². The highest BCUT2D eigenvalue weighted by atomic mass is 19.3. The molecule has 0 fully saturated rings. The Labute approximate surface area is 143 Å². The molecule has 130 valence electrons. The number of likely N-dealkylation sites (N-methyl/N-ethyl adjacent to an activating group) is 1. The third kappa shape index (κ3) is 2.61. The Morgan fingerprint density at radius 2 is 1.96 bits per heavy atom. The summed E-state index contributed by atoms with van der Waals surface area (Å²) in [5, 5.41) is 0.854. The molecular formula is C19H18F3N3. The lowest BCUT2D eigenvalue weighted by Gasteiger charge is -2.24. The molecule has 3 heterocycles. The lowest BCUT2D eigenvalue weighted by Crippen LogP contribution is -2.27. The number of benzene rings is 1. The van der Waals surface area contributed by atoms with Gasteiger partial charge in [-0.25, -0.2) is 4.39 Å². The zero-order chi connectivity index (χ0) is 17.7. The highest BCUT2D eigenvalue weighted by molar-refractivity contribution is 5.89. The number of nitrogens with zero attached hydrogens (tertiary/aromatic N) is 3. The van der Waals surface area contributed by atoms with Crippen LogP contribution >= 0.6 is 0 Å². The van der Waals surface area contributed by atoms with Crippen LogP contribution in [0.5, 0.6) is 0 Å². The van der Waals surface area contributed by atoms with Gasteiger partial charge in [-0.1, -0.05) is 12.1 Å². The van der Waals surface area contributed by atoms with E-state index >= 15 is 0 Å². The fraction of sp³-hybridized carbons (Fsp3) is 0.316. The lowest BCUT2D eigenvalue weighted by atomic mass is 10.0. The van der Waals surface area contributed by atoms with Crippen LogP contribution in [-0.4, -0.2) is 28.0 Å². The zero-order valence-corrected chi connectivity index (χ0v) is 14.1. The Morgan fingerprint density at radius 3 is 2.68 bits per heavy atom. The SMILES string of the molecule is Cc1ncc(-c2ccc3c4c(n(C(F)F)c3c2)CN(C)CC4)cc1F. The van der Waals surface area contributed by atoms with Crippen LogP contribution in [0.4, 0.5) is 13.2 Å². The van der Waals surface area contributed by atoms with Gasteiger partial charge in [0.25, 0.3) is 0 Å². The number of alkyl halides is 2. The average Bonchev–Trinajstić information content (AvgIpc) is 2.89. The summed E-state index contributed by atoms with van der Waals surface area (Å²) in [5.74, 6) is -0.400. The number of aromatic nitrogens is 2. The summed E-state index contributed by atoms with van der Waals surface area (Å²) in [6.07, 6.45) is 2.32. The minimum Gasteiger partial charge on any atom is -0.300 e. The maximum atomic E-state index is 13.8. The van der Waals surface area contributed by atoms with Crippen LogP contribution in [0.15, 0.2) is 30.5 Å². The standard InChI is InChI=1S/C19H18F3N3/c1-11-16(20)7-13(9-23-11)12-3-4-14-15-5-6-24(2)10-18(15)25(19(21)22)17(14)8-12/h3-4,7-9,19H,5-6,10H2,1-2H3. The first-order valence-electron chi connectivity index (χ1n) is 8.20. The quantitative estimate of drug-likeness (QED) is 0.680. The molecular weight excluding hydrogens is 327 g/mol. The molecule has 4 rings (SSSR count). The molecule has 0 amide bonds. The van der Waals surface area contributed by atoms with E-state index in [2.05, 4.69) is 4.98 Å². The highest BCUT2D eigenvalue weighted by Crippen LogP contribution is 2.36. The first-order valence-corrected chi connectivity index (χ1v) is 8.20. The van der Waals surface area contributed by atoms with E-state index in [0.29, 0.717) is 34.6 Å². The van der Waals surface area contributed by atoms with Gasteiger partial charge in [-0.15, -0.1) is 0 Å². The van der Waals surface area contributed by atoms with Gasteiger partial charge in [0.15, 0.2) is 0 Å². The topological polar surface area (TPSA) is 21.1 Å². The van der Waals surface area contributed by atoms with Crippen LogP contribution in [0.25, 0.3) is 22.0 Å². The van der Waals surface area contributed by atoms with Crippen molar-refractivity contribution in [3.05, 3.63) is 53.2 Å². The number of pyridine rings is 1. The second-order valence-corrected chi connectivity index (χ2v) is 6.58. The summed E-state index contributed by atoms with van der Waals surface area (Å²) in [5.41, 5.74) is 3.75. The number of hydrogen-bond acceptors (Lipinski definition) is 2. The molecule has 0 N–H and O–H groups in total. The molecule has 3 aromatic rings. The van der Waals surface area contributed by atoms with Crippen molar-refractivity contribution in [1.82, 2.24) is 14.5 Å². The molecule has 0 radical (unpaired) electrons. The molecule has 2 aromatic heterocycles. The number of halogens is 3. The van der Waals surface area contributed by atoms with Gasteiger partial charge in [0.2, 0.25) is 0 Å². The van der Waals surface area contributed by atoms with Crippen molar-refractivity contribution in [1.29, 1.82) is 0 Å². The Morgan fingerprint density at radius 1 is 1.16 bits per heavy atom. The van der Waals surface area contributed by atoms with Crippen molar-refractivity contribution in [3.8, 4) is 11.1 Å². The van der Waals surface area contributed by atoms with E-state index in [1.54, 1.807) is 19.2 Å². The largest absolute Gasteiger partial charge is 0.319 e. The van der Waals surface area contributed by atoms with Crippen LogP contribution in [0, 0.1) is 12.7 Å². The van der Waals surface area contributed by atoms with Crippen molar-refractivity contribution < 1.29 is 13.2 Å². The van der Waals surface area contributed by atoms with Crippen molar-refractivity contribution in [2.24, 2.45) is 0 Å². The van der Waals surface area contributed by atoms with E-state index < -0.39 is 12.4 Å². The Hall–Kier alpha value is -2.34. The molecule has 0 atom stereocenters. The first-order chi connectivity index (χ1) is 12.0. The van der Waals surface area contributed by atoms with Gasteiger partial charge in [0, 0.05) is 35.9 Å². The summed E-state index contributed by atoms with van der Waals surface area (Å²) < 4.78 is 42.5. The lowest BCUT2D eigenvalue weighted by molar-refractivity contribution is 0.0691. The van der Waals surface area contributed by atoms with Gasteiger partial charge < -0.3 is 4.90 Å². The third-order valence-electron chi connectivity index (χ3n) is 4.94. The van der Waals surface area contributed by atoms with Crippen molar-refractivity contribution in [2.75, 3.05) is 13.6 Å². The van der Waals surface area contributed by atoms with Crippen LogP contribution in [0.3, 0.4) is 0 Å². The van der Waals surface area contributed by atoms with Gasteiger partial charge in [-0.05, 0) is 43.7 Å². The second kappa shape index (κ2) is 5.88. The summed E-state index contributed by atoms with van der Waals surface area (Å²) in [6.45, 7) is 0.338. The summed E-state index contributed by atoms with van der Waals surface area (Å²) >= 11 is 0. The Bertz CT molecular complexity index is 962. The maximum Gasteiger partial charge on any atom is 0.319 e. The van der Waals surface area contributed by atoms with E-state index in [-0.39, 0.29) is 0 Å². The van der Waals surface area contributed by atoms with E-state index in [4.69, 9.17) is 0 Å². The number of aryl methyl sites for hydroxylation is 1. The molecule has 0 unspecified atom stereocenters. The van der Waals surface area contributed by atoms with Crippen LogP contribution in [-0.2, 0) is 13.0 Å². The van der Waals surface area contributed by atoms with Crippen LogP contribution in [0.1, 0.15) is 23.5 Å². The van der Waals surface area contributed by atoms with Gasteiger partial charge in [0.05, 0.1) is 11.2 Å². The number of hydrogen-bond donors (Lipinski definition) is 0. The molecule has 0 spiro atoms. The molecule has 0 saturated carbocycles.